The maximum absolute atomic E-state index is 14.0. The van der Waals surface area contributed by atoms with Crippen molar-refractivity contribution in [1.82, 2.24) is 10.2 Å². The Bertz CT molecular complexity index is 991. The van der Waals surface area contributed by atoms with Crippen LogP contribution in [0.3, 0.4) is 0 Å². The van der Waals surface area contributed by atoms with E-state index >= 15 is 0 Å². The number of nitrogens with zero attached hydrogens (tertiary/aromatic N) is 1. The van der Waals surface area contributed by atoms with Gasteiger partial charge in [0.15, 0.2) is 0 Å². The minimum atomic E-state index is -0.720. The molecule has 4 rings (SSSR count). The molecule has 0 radical (unpaired) electrons. The lowest BCUT2D eigenvalue weighted by Gasteiger charge is -2.37. The van der Waals surface area contributed by atoms with Crippen LogP contribution in [-0.4, -0.2) is 74.4 Å². The molecule has 0 aromatic heterocycles. The lowest BCUT2D eigenvalue weighted by atomic mass is 9.70. The van der Waals surface area contributed by atoms with Crippen molar-refractivity contribution >= 4 is 51.1 Å². The van der Waals surface area contributed by atoms with Gasteiger partial charge in [-0.25, -0.2) is 0 Å². The van der Waals surface area contributed by atoms with E-state index in [1.165, 1.54) is 0 Å². The Labute approximate surface area is 231 Å². The highest BCUT2D eigenvalue weighted by atomic mass is 79.9. The number of ether oxygens (including phenoxy) is 1. The highest BCUT2D eigenvalue weighted by Gasteiger charge is 2.76. The summed E-state index contributed by atoms with van der Waals surface area (Å²) < 4.78 is 4.78. The number of hydrogen-bond donors (Lipinski definition) is 3. The Hall–Kier alpha value is -1.78. The highest BCUT2D eigenvalue weighted by molar-refractivity contribution is 9.09. The fourth-order valence-corrected chi connectivity index (χ4v) is 9.78. The van der Waals surface area contributed by atoms with Crippen molar-refractivity contribution in [3.8, 4) is 5.75 Å². The molecule has 3 aliphatic rings. The van der Waals surface area contributed by atoms with Crippen molar-refractivity contribution in [2.75, 3.05) is 25.1 Å². The number of aliphatic hydroxyl groups excluding tert-OH is 1. The first-order chi connectivity index (χ1) is 17.8. The number of hydrogen-bond acceptors (Lipinski definition) is 6. The fraction of sp³-hybridized carbons (Fsp3) is 0.667. The smallest absolute Gasteiger partial charge is 0.244 e. The molecule has 3 amide bonds. The minimum absolute atomic E-state index is 0.00201. The summed E-state index contributed by atoms with van der Waals surface area (Å²) in [5.74, 6) is -1.08. The molecular weight excluding hydrogens is 558 g/mol. The Balaban J connectivity index is 1.63. The van der Waals surface area contributed by atoms with Gasteiger partial charge >= 0.3 is 0 Å². The van der Waals surface area contributed by atoms with E-state index in [0.29, 0.717) is 31.7 Å². The van der Waals surface area contributed by atoms with E-state index in [1.807, 2.05) is 13.8 Å². The van der Waals surface area contributed by atoms with Gasteiger partial charge in [0.1, 0.15) is 11.8 Å². The van der Waals surface area contributed by atoms with Crippen molar-refractivity contribution in [2.24, 2.45) is 11.8 Å². The first kappa shape index (κ1) is 28.2. The van der Waals surface area contributed by atoms with Crippen LogP contribution in [0, 0.1) is 11.8 Å². The molecule has 37 heavy (non-hydrogen) atoms. The first-order valence-corrected chi connectivity index (χ1v) is 15.2. The predicted octanol–water partition coefficient (Wildman–Crippen LogP) is 3.57. The summed E-state index contributed by atoms with van der Waals surface area (Å²) in [6.45, 7) is 6.81. The third-order valence-electron chi connectivity index (χ3n) is 7.87. The van der Waals surface area contributed by atoms with Gasteiger partial charge in [-0.1, -0.05) is 42.6 Å². The summed E-state index contributed by atoms with van der Waals surface area (Å²) in [5, 5.41) is 16.1. The molecule has 1 aromatic carbocycles. The third kappa shape index (κ3) is 5.13. The van der Waals surface area contributed by atoms with Gasteiger partial charge in [0.05, 0.1) is 35.8 Å². The summed E-state index contributed by atoms with van der Waals surface area (Å²) in [7, 11) is 0. The van der Waals surface area contributed by atoms with E-state index < -0.39 is 28.7 Å². The molecule has 7 atom stereocenters. The van der Waals surface area contributed by atoms with Crippen LogP contribution in [0.2, 0.25) is 0 Å². The zero-order chi connectivity index (χ0) is 26.7. The summed E-state index contributed by atoms with van der Waals surface area (Å²) in [6, 6.07) is 6.00. The number of rotatable bonds is 12. The number of nitrogens with one attached hydrogen (secondary N) is 2. The van der Waals surface area contributed by atoms with Gasteiger partial charge in [0.2, 0.25) is 17.7 Å². The van der Waals surface area contributed by atoms with Crippen molar-refractivity contribution in [2.45, 2.75) is 79.8 Å². The predicted molar refractivity (Wildman–Crippen MR) is 149 cm³/mol. The van der Waals surface area contributed by atoms with Crippen LogP contribution in [0.15, 0.2) is 24.3 Å². The molecule has 3 N–H and O–H groups in total. The van der Waals surface area contributed by atoms with Gasteiger partial charge in [0.25, 0.3) is 0 Å². The number of benzene rings is 1. The second kappa shape index (κ2) is 11.9. The summed E-state index contributed by atoms with van der Waals surface area (Å²) in [4.78, 5) is 43.0. The van der Waals surface area contributed by atoms with Crippen LogP contribution in [0.1, 0.15) is 52.9 Å². The number of carbonyl (C=O) groups is 3. The quantitative estimate of drug-likeness (QED) is 0.252. The number of fused-ring (bicyclic) bond motifs is 1. The number of aliphatic hydroxyl groups is 1. The molecule has 0 aliphatic carbocycles. The van der Waals surface area contributed by atoms with Crippen molar-refractivity contribution in [3.05, 3.63) is 24.3 Å². The van der Waals surface area contributed by atoms with Crippen LogP contribution in [-0.2, 0) is 14.4 Å². The molecule has 2 bridgehead atoms. The molecule has 10 heteroatoms. The number of likely N-dealkylation sites (tertiary alicyclic amines) is 1. The molecule has 204 valence electrons. The Morgan fingerprint density at radius 2 is 1.95 bits per heavy atom. The zero-order valence-electron chi connectivity index (χ0n) is 21.7. The van der Waals surface area contributed by atoms with Gasteiger partial charge in [-0.3, -0.25) is 14.4 Å². The second-order valence-electron chi connectivity index (χ2n) is 10.1. The molecule has 3 fully saturated rings. The topological polar surface area (TPSA) is 108 Å². The molecule has 8 nitrogen and oxygen atoms in total. The average Bonchev–Trinajstić information content (AvgIpc) is 3.48. The normalized spacial score (nSPS) is 30.8. The number of anilines is 1. The van der Waals surface area contributed by atoms with Crippen LogP contribution in [0.25, 0.3) is 0 Å². The first-order valence-electron chi connectivity index (χ1n) is 13.4. The lowest BCUT2D eigenvalue weighted by Crippen LogP contribution is -2.57. The molecule has 0 saturated carbocycles. The summed E-state index contributed by atoms with van der Waals surface area (Å²) in [5.41, 5.74) is 0.635. The Morgan fingerprint density at radius 1 is 1.22 bits per heavy atom. The standard InChI is InChI=1S/C27H38BrN3O5S/c1-4-7-8-13-29-25(34)23-27-14-19(28)22(37-27)20(21(27)26(35)31(23)17(5-2)15-32)24(33)30-16-9-11-18(12-10-16)36-6-3/h9-12,17,19-23,32H,4-8,13-15H2,1-3H3,(H,29,34)(H,30,33)/t17-,19?,20+,21-,22+,23?,27?/m0/s1. The van der Waals surface area contributed by atoms with E-state index in [-0.39, 0.29) is 34.4 Å². The van der Waals surface area contributed by atoms with Crippen LogP contribution >= 0.6 is 27.7 Å². The average molecular weight is 597 g/mol. The van der Waals surface area contributed by atoms with E-state index in [1.54, 1.807) is 40.9 Å². The lowest BCUT2D eigenvalue weighted by molar-refractivity contribution is -0.142. The third-order valence-corrected chi connectivity index (χ3v) is 11.1. The van der Waals surface area contributed by atoms with Gasteiger partial charge < -0.3 is 25.4 Å². The van der Waals surface area contributed by atoms with Crippen LogP contribution < -0.4 is 15.4 Å². The van der Waals surface area contributed by atoms with E-state index in [4.69, 9.17) is 4.74 Å². The van der Waals surface area contributed by atoms with Crippen molar-refractivity contribution in [3.63, 3.8) is 0 Å². The van der Waals surface area contributed by atoms with E-state index in [2.05, 4.69) is 33.5 Å². The molecule has 3 saturated heterocycles. The largest absolute Gasteiger partial charge is 0.494 e. The molecule has 3 aliphatic heterocycles. The fourth-order valence-electron chi connectivity index (χ4n) is 6.18. The van der Waals surface area contributed by atoms with Gasteiger partial charge in [-0.2, -0.15) is 0 Å². The number of alkyl halides is 1. The Morgan fingerprint density at radius 3 is 2.57 bits per heavy atom. The van der Waals surface area contributed by atoms with Crippen molar-refractivity contribution in [1.29, 1.82) is 0 Å². The molecule has 3 heterocycles. The molecule has 1 spiro atoms. The summed E-state index contributed by atoms with van der Waals surface area (Å²) >= 11 is 5.39. The maximum atomic E-state index is 14.0. The number of halogens is 1. The van der Waals surface area contributed by atoms with Crippen molar-refractivity contribution < 1.29 is 24.2 Å². The van der Waals surface area contributed by atoms with Crippen LogP contribution in [0.4, 0.5) is 5.69 Å². The Kier molecular flexibility index (Phi) is 9.12. The highest BCUT2D eigenvalue weighted by Crippen LogP contribution is 2.68. The van der Waals surface area contributed by atoms with E-state index in [0.717, 1.165) is 25.0 Å². The molecule has 1 aromatic rings. The van der Waals surface area contributed by atoms with Gasteiger partial charge in [-0.15, -0.1) is 11.8 Å². The zero-order valence-corrected chi connectivity index (χ0v) is 24.1. The second-order valence-corrected chi connectivity index (χ2v) is 12.8. The monoisotopic (exact) mass is 595 g/mol. The number of thioether (sulfide) groups is 1. The number of unbranched alkanes of at least 4 members (excludes halogenated alkanes) is 2. The van der Waals surface area contributed by atoms with Gasteiger partial charge in [-0.05, 0) is 50.5 Å². The molecule has 3 unspecified atom stereocenters. The SMILES string of the molecule is CCCCCNC(=O)C1N([C@@H](CC)CO)C(=O)[C@@H]2[C@@H](C(=O)Nc3ccc(OCC)cc3)[C@@H]3SC12CC3Br. The van der Waals surface area contributed by atoms with E-state index in [9.17, 15) is 19.5 Å². The maximum Gasteiger partial charge on any atom is 0.244 e. The minimum Gasteiger partial charge on any atom is -0.494 e. The number of carbonyl (C=O) groups excluding carboxylic acids is 3. The van der Waals surface area contributed by atoms with Crippen LogP contribution in [0.5, 0.6) is 5.75 Å². The summed E-state index contributed by atoms with van der Waals surface area (Å²) in [6.07, 6.45) is 4.09. The van der Waals surface area contributed by atoms with Gasteiger partial charge in [0, 0.05) is 22.3 Å². The number of amides is 3. The molecular formula is C27H38BrN3O5S.